The number of thioether (sulfide) groups is 2. The molecular weight excluding hydrogens is 494 g/mol. The average molecular weight is 518 g/mol. The molecule has 1 fully saturated rings. The van der Waals surface area contributed by atoms with Gasteiger partial charge in [0.2, 0.25) is 5.91 Å². The van der Waals surface area contributed by atoms with Crippen LogP contribution in [0.15, 0.2) is 15.6 Å². The lowest BCUT2D eigenvalue weighted by atomic mass is 9.98. The standard InChI is InChI=1S/C18H23N5O7S3/c1-8-21-22-17(33-8)32-7-9-6-31-16-18(30-2,15(29)23(16)12(9)14(27)28)20-11(24)5-3-4-10(19)13(25)26/h10,16H,3-7,19H2,1-2H3,(H,20,24)(H,25,26)(H,27,28)/t10?,16-,18+/m1/s1. The molecule has 0 spiro atoms. The van der Waals surface area contributed by atoms with Gasteiger partial charge in [-0.1, -0.05) is 23.1 Å². The van der Waals surface area contributed by atoms with Gasteiger partial charge in [-0.25, -0.2) is 4.79 Å². The number of ether oxygens (including phenoxy) is 1. The second kappa shape index (κ2) is 10.4. The van der Waals surface area contributed by atoms with Gasteiger partial charge in [-0.3, -0.25) is 19.3 Å². The van der Waals surface area contributed by atoms with Crippen LogP contribution >= 0.6 is 34.9 Å². The number of methoxy groups -OCH3 is 1. The fourth-order valence-electron chi connectivity index (χ4n) is 3.42. The molecule has 0 aliphatic carbocycles. The fraction of sp³-hybridized carbons (Fsp3) is 0.556. The smallest absolute Gasteiger partial charge is 0.352 e. The number of carbonyl (C=O) groups is 4. The van der Waals surface area contributed by atoms with Crippen LogP contribution < -0.4 is 11.1 Å². The summed E-state index contributed by atoms with van der Waals surface area (Å²) in [5.41, 5.74) is 4.19. The molecule has 3 heterocycles. The van der Waals surface area contributed by atoms with E-state index in [1.165, 1.54) is 42.0 Å². The van der Waals surface area contributed by atoms with Gasteiger partial charge in [0, 0.05) is 25.0 Å². The number of aliphatic carboxylic acids is 2. The summed E-state index contributed by atoms with van der Waals surface area (Å²) in [5.74, 6) is -2.93. The van der Waals surface area contributed by atoms with E-state index in [9.17, 15) is 24.3 Å². The number of fused-ring (bicyclic) bond motifs is 1. The first kappa shape index (κ1) is 25.4. The summed E-state index contributed by atoms with van der Waals surface area (Å²) in [7, 11) is 1.27. The first-order valence-corrected chi connectivity index (χ1v) is 12.6. The van der Waals surface area contributed by atoms with E-state index in [0.29, 0.717) is 21.4 Å². The number of nitrogens with one attached hydrogen (secondary N) is 1. The molecule has 1 aromatic heterocycles. The molecule has 3 rings (SSSR count). The highest BCUT2D eigenvalue weighted by molar-refractivity contribution is 8.01. The highest BCUT2D eigenvalue weighted by atomic mass is 32.2. The van der Waals surface area contributed by atoms with Crippen LogP contribution in [0.25, 0.3) is 0 Å². The Hall–Kier alpha value is -2.20. The predicted molar refractivity (Wildman–Crippen MR) is 120 cm³/mol. The Morgan fingerprint density at radius 3 is 2.70 bits per heavy atom. The van der Waals surface area contributed by atoms with Gasteiger partial charge in [-0.15, -0.1) is 22.0 Å². The number of carbonyl (C=O) groups excluding carboxylic acids is 2. The van der Waals surface area contributed by atoms with Gasteiger partial charge < -0.3 is 26.0 Å². The lowest BCUT2D eigenvalue weighted by molar-refractivity contribution is -0.192. The number of rotatable bonds is 11. The van der Waals surface area contributed by atoms with Crippen molar-refractivity contribution < 1.29 is 34.1 Å². The third-order valence-electron chi connectivity index (χ3n) is 5.07. The zero-order valence-corrected chi connectivity index (χ0v) is 20.2. The maximum absolute atomic E-state index is 13.0. The van der Waals surface area contributed by atoms with Gasteiger partial charge in [-0.2, -0.15) is 0 Å². The molecular formula is C18H23N5O7S3. The van der Waals surface area contributed by atoms with Gasteiger partial charge in [0.1, 0.15) is 22.1 Å². The molecule has 180 valence electrons. The molecule has 0 saturated carbocycles. The zero-order valence-electron chi connectivity index (χ0n) is 17.8. The van der Waals surface area contributed by atoms with Crippen LogP contribution in [0.3, 0.4) is 0 Å². The van der Waals surface area contributed by atoms with Crippen LogP contribution in [0.1, 0.15) is 24.3 Å². The summed E-state index contributed by atoms with van der Waals surface area (Å²) in [6.07, 6.45) is 0.255. The quantitative estimate of drug-likeness (QED) is 0.178. The molecule has 12 nitrogen and oxygen atoms in total. The molecule has 15 heteroatoms. The van der Waals surface area contributed by atoms with E-state index in [0.717, 1.165) is 9.91 Å². The number of carboxylic acid groups (broad SMARTS) is 2. The Morgan fingerprint density at radius 2 is 2.12 bits per heavy atom. The van der Waals surface area contributed by atoms with E-state index < -0.39 is 40.9 Å². The van der Waals surface area contributed by atoms with Crippen LogP contribution in [-0.4, -0.2) is 84.8 Å². The lowest BCUT2D eigenvalue weighted by Gasteiger charge is -2.55. The number of carboxylic acids is 2. The molecule has 33 heavy (non-hydrogen) atoms. The highest BCUT2D eigenvalue weighted by Crippen LogP contribution is 2.47. The van der Waals surface area contributed by atoms with Crippen molar-refractivity contribution in [3.63, 3.8) is 0 Å². The van der Waals surface area contributed by atoms with Gasteiger partial charge in [0.05, 0.1) is 0 Å². The van der Waals surface area contributed by atoms with Crippen molar-refractivity contribution in [2.24, 2.45) is 5.73 Å². The number of aryl methyl sites for hydroxylation is 1. The van der Waals surface area contributed by atoms with Gasteiger partial charge in [0.15, 0.2) is 4.34 Å². The van der Waals surface area contributed by atoms with Crippen LogP contribution in [-0.2, 0) is 23.9 Å². The third kappa shape index (κ3) is 5.16. The number of nitrogens with zero attached hydrogens (tertiary/aromatic N) is 3. The minimum absolute atomic E-state index is 0.0540. The van der Waals surface area contributed by atoms with E-state index >= 15 is 0 Å². The molecule has 1 aromatic rings. The van der Waals surface area contributed by atoms with E-state index in [4.69, 9.17) is 15.6 Å². The Morgan fingerprint density at radius 1 is 1.39 bits per heavy atom. The Bertz CT molecular complexity index is 1000. The third-order valence-corrected chi connectivity index (χ3v) is 8.51. The molecule has 2 aliphatic heterocycles. The van der Waals surface area contributed by atoms with Crippen LogP contribution in [0.4, 0.5) is 0 Å². The van der Waals surface area contributed by atoms with E-state index in [-0.39, 0.29) is 25.0 Å². The highest BCUT2D eigenvalue weighted by Gasteiger charge is 2.66. The maximum atomic E-state index is 13.0. The van der Waals surface area contributed by atoms with Crippen molar-refractivity contribution in [3.8, 4) is 0 Å². The molecule has 1 unspecified atom stereocenters. The summed E-state index contributed by atoms with van der Waals surface area (Å²) in [6, 6.07) is -1.08. The van der Waals surface area contributed by atoms with E-state index in [1.54, 1.807) is 0 Å². The predicted octanol–water partition coefficient (Wildman–Crippen LogP) is 0.234. The van der Waals surface area contributed by atoms with Gasteiger partial charge >= 0.3 is 11.9 Å². The number of nitrogens with two attached hydrogens (primary N) is 1. The van der Waals surface area contributed by atoms with Crippen molar-refractivity contribution in [1.29, 1.82) is 0 Å². The average Bonchev–Trinajstić information content (AvgIpc) is 3.19. The van der Waals surface area contributed by atoms with Gasteiger partial charge in [0.25, 0.3) is 11.6 Å². The van der Waals surface area contributed by atoms with Crippen molar-refractivity contribution >= 4 is 58.6 Å². The second-order valence-corrected chi connectivity index (χ2v) is 10.8. The largest absolute Gasteiger partial charge is 0.480 e. The molecule has 0 radical (unpaired) electrons. The first-order valence-electron chi connectivity index (χ1n) is 9.78. The Labute approximate surface area is 201 Å². The molecule has 2 amide bonds. The SMILES string of the molecule is CO[C@@]1(NC(=O)CCCC(N)C(=O)O)C(=O)N2C(C(=O)O)=C(CSc3nnc(C)s3)CS[C@@H]21. The van der Waals surface area contributed by atoms with Crippen molar-refractivity contribution in [2.45, 2.75) is 47.7 Å². The number of hydrogen-bond acceptors (Lipinski definition) is 11. The lowest BCUT2D eigenvalue weighted by Crippen LogP contribution is -2.80. The van der Waals surface area contributed by atoms with Crippen molar-refractivity contribution in [2.75, 3.05) is 18.6 Å². The molecule has 3 atom stereocenters. The van der Waals surface area contributed by atoms with Crippen molar-refractivity contribution in [3.05, 3.63) is 16.3 Å². The maximum Gasteiger partial charge on any atom is 0.352 e. The monoisotopic (exact) mass is 517 g/mol. The molecule has 5 N–H and O–H groups in total. The van der Waals surface area contributed by atoms with Crippen molar-refractivity contribution in [1.82, 2.24) is 20.4 Å². The second-order valence-electron chi connectivity index (χ2n) is 7.30. The molecule has 1 saturated heterocycles. The minimum atomic E-state index is -1.69. The summed E-state index contributed by atoms with van der Waals surface area (Å²) in [5, 5.41) is 29.2. The van der Waals surface area contributed by atoms with Crippen LogP contribution in [0.5, 0.6) is 0 Å². The van der Waals surface area contributed by atoms with Crippen LogP contribution in [0, 0.1) is 6.92 Å². The zero-order chi connectivity index (χ0) is 24.3. The fourth-order valence-corrected chi connectivity index (χ4v) is 6.81. The van der Waals surface area contributed by atoms with E-state index in [1.807, 2.05) is 6.92 Å². The van der Waals surface area contributed by atoms with Gasteiger partial charge in [-0.05, 0) is 25.3 Å². The number of amides is 2. The number of aromatic nitrogens is 2. The summed E-state index contributed by atoms with van der Waals surface area (Å²) < 4.78 is 6.09. The van der Waals surface area contributed by atoms with Crippen LogP contribution in [0.2, 0.25) is 0 Å². The summed E-state index contributed by atoms with van der Waals surface area (Å²) in [4.78, 5) is 49.4. The first-order chi connectivity index (χ1) is 15.6. The molecule has 0 bridgehead atoms. The summed E-state index contributed by atoms with van der Waals surface area (Å²) >= 11 is 4.04. The topological polar surface area (TPSA) is 185 Å². The Kier molecular flexibility index (Phi) is 8.00. The molecule has 0 aromatic carbocycles. The minimum Gasteiger partial charge on any atom is -0.480 e. The molecule has 2 aliphatic rings. The normalized spacial score (nSPS) is 23.1. The number of hydrogen-bond donors (Lipinski definition) is 4. The van der Waals surface area contributed by atoms with E-state index in [2.05, 4.69) is 15.5 Å². The summed E-state index contributed by atoms with van der Waals surface area (Å²) in [6.45, 7) is 1.82. The number of β-lactam (4-membered cyclic amide) rings is 1. The Balaban J connectivity index is 1.69.